The molecule has 0 radical (unpaired) electrons. The lowest BCUT2D eigenvalue weighted by atomic mass is 9.94. The zero-order chi connectivity index (χ0) is 25.4. The van der Waals surface area contributed by atoms with Crippen LogP contribution >= 0.6 is 11.6 Å². The van der Waals surface area contributed by atoms with E-state index in [1.165, 1.54) is 43.4 Å². The van der Waals surface area contributed by atoms with Crippen molar-refractivity contribution in [2.75, 3.05) is 19.1 Å². The number of hydrogen-bond acceptors (Lipinski definition) is 6. The van der Waals surface area contributed by atoms with Crippen LogP contribution < -0.4 is 14.4 Å². The van der Waals surface area contributed by atoms with E-state index in [1.807, 2.05) is 32.0 Å². The van der Waals surface area contributed by atoms with Gasteiger partial charge in [-0.1, -0.05) is 35.9 Å². The SMILES string of the molecule is COc1cc(OC)c(/C(O)=C2\C(=O)C(=O)N(c3cc(C)ccc3C)C2c2ccc(O)cc2)cc1Cl. The van der Waals surface area contributed by atoms with Crippen molar-refractivity contribution in [1.29, 1.82) is 0 Å². The van der Waals surface area contributed by atoms with E-state index in [4.69, 9.17) is 21.1 Å². The van der Waals surface area contributed by atoms with Crippen molar-refractivity contribution in [2.24, 2.45) is 0 Å². The Labute approximate surface area is 207 Å². The van der Waals surface area contributed by atoms with Gasteiger partial charge in [0, 0.05) is 11.8 Å². The molecule has 8 heteroatoms. The Kier molecular flexibility index (Phi) is 6.45. The number of phenolic OH excluding ortho intramolecular Hbond substituents is 1. The first-order valence-electron chi connectivity index (χ1n) is 10.8. The second-order valence-electron chi connectivity index (χ2n) is 8.24. The zero-order valence-electron chi connectivity index (χ0n) is 19.6. The number of ether oxygens (including phenoxy) is 2. The highest BCUT2D eigenvalue weighted by Crippen LogP contribution is 2.45. The van der Waals surface area contributed by atoms with Gasteiger partial charge in [-0.25, -0.2) is 0 Å². The van der Waals surface area contributed by atoms with Crippen LogP contribution in [0, 0.1) is 13.8 Å². The van der Waals surface area contributed by atoms with Gasteiger partial charge in [0.25, 0.3) is 11.7 Å². The van der Waals surface area contributed by atoms with E-state index >= 15 is 0 Å². The normalized spacial score (nSPS) is 17.1. The van der Waals surface area contributed by atoms with Crippen molar-refractivity contribution < 1.29 is 29.3 Å². The molecule has 7 nitrogen and oxygen atoms in total. The number of aryl methyl sites for hydroxylation is 2. The lowest BCUT2D eigenvalue weighted by Crippen LogP contribution is -2.30. The van der Waals surface area contributed by atoms with E-state index in [0.29, 0.717) is 17.0 Å². The fourth-order valence-electron chi connectivity index (χ4n) is 4.22. The Morgan fingerprint density at radius 2 is 1.60 bits per heavy atom. The molecule has 2 N–H and O–H groups in total. The largest absolute Gasteiger partial charge is 0.508 e. The molecule has 1 heterocycles. The van der Waals surface area contributed by atoms with Gasteiger partial charge in [-0.05, 0) is 54.8 Å². The Bertz CT molecular complexity index is 1360. The molecule has 35 heavy (non-hydrogen) atoms. The highest BCUT2D eigenvalue weighted by Gasteiger charge is 2.47. The number of carbonyl (C=O) groups is 2. The molecule has 3 aromatic carbocycles. The average Bonchev–Trinajstić information content (AvgIpc) is 3.10. The molecule has 1 unspecified atom stereocenters. The van der Waals surface area contributed by atoms with Gasteiger partial charge < -0.3 is 19.7 Å². The highest BCUT2D eigenvalue weighted by atomic mass is 35.5. The number of phenols is 1. The molecule has 1 atom stereocenters. The van der Waals surface area contributed by atoms with E-state index in [0.717, 1.165) is 11.1 Å². The number of halogens is 1. The molecule has 180 valence electrons. The third kappa shape index (κ3) is 4.19. The second-order valence-corrected chi connectivity index (χ2v) is 8.64. The Balaban J connectivity index is 2.02. The summed E-state index contributed by atoms with van der Waals surface area (Å²) in [7, 11) is 2.85. The van der Waals surface area contributed by atoms with Crippen LogP contribution in [0.1, 0.15) is 28.3 Å². The van der Waals surface area contributed by atoms with Crippen LogP contribution in [0.25, 0.3) is 5.76 Å². The molecule has 1 fully saturated rings. The molecular weight excluding hydrogens is 470 g/mol. The van der Waals surface area contributed by atoms with Crippen LogP contribution in [0.5, 0.6) is 17.2 Å². The van der Waals surface area contributed by atoms with E-state index in [9.17, 15) is 19.8 Å². The van der Waals surface area contributed by atoms with Crippen LogP contribution in [0.3, 0.4) is 0 Å². The zero-order valence-corrected chi connectivity index (χ0v) is 20.4. The summed E-state index contributed by atoms with van der Waals surface area (Å²) in [6.07, 6.45) is 0. The van der Waals surface area contributed by atoms with E-state index < -0.39 is 23.5 Å². The van der Waals surface area contributed by atoms with Gasteiger partial charge >= 0.3 is 0 Å². The molecule has 3 aromatic rings. The van der Waals surface area contributed by atoms with Crippen LogP contribution in [0.4, 0.5) is 5.69 Å². The predicted octanol–water partition coefficient (Wildman–Crippen LogP) is 5.31. The summed E-state index contributed by atoms with van der Waals surface area (Å²) in [5.74, 6) is -1.50. The molecule has 1 aliphatic heterocycles. The minimum absolute atomic E-state index is 0.0287. The summed E-state index contributed by atoms with van der Waals surface area (Å²) >= 11 is 6.30. The van der Waals surface area contributed by atoms with Crippen molar-refractivity contribution >= 4 is 34.7 Å². The molecule has 4 rings (SSSR count). The number of aromatic hydroxyl groups is 1. The number of carbonyl (C=O) groups excluding carboxylic acids is 2. The molecule has 0 aliphatic carbocycles. The monoisotopic (exact) mass is 493 g/mol. The third-order valence-electron chi connectivity index (χ3n) is 6.01. The lowest BCUT2D eigenvalue weighted by Gasteiger charge is -2.27. The maximum Gasteiger partial charge on any atom is 0.300 e. The number of Topliss-reactive ketones (excluding diaryl/α,β-unsaturated/α-hetero) is 1. The number of nitrogens with zero attached hydrogens (tertiary/aromatic N) is 1. The van der Waals surface area contributed by atoms with Crippen molar-refractivity contribution in [2.45, 2.75) is 19.9 Å². The topological polar surface area (TPSA) is 96.3 Å². The summed E-state index contributed by atoms with van der Waals surface area (Å²) < 4.78 is 10.6. The Morgan fingerprint density at radius 1 is 0.943 bits per heavy atom. The van der Waals surface area contributed by atoms with Crippen LogP contribution in [-0.4, -0.2) is 36.1 Å². The highest BCUT2D eigenvalue weighted by molar-refractivity contribution is 6.52. The predicted molar refractivity (Wildman–Crippen MR) is 133 cm³/mol. The van der Waals surface area contributed by atoms with Gasteiger partial charge in [-0.3, -0.25) is 14.5 Å². The van der Waals surface area contributed by atoms with Crippen molar-refractivity contribution in [1.82, 2.24) is 0 Å². The molecule has 0 saturated carbocycles. The van der Waals surface area contributed by atoms with Gasteiger partial charge in [0.15, 0.2) is 0 Å². The number of benzene rings is 3. The number of anilines is 1. The standard InChI is InChI=1S/C27H24ClNO6/c1-14-5-6-15(2)20(11-14)29-24(16-7-9-17(30)10-8-16)23(26(32)27(29)33)25(31)18-12-19(28)22(35-4)13-21(18)34-3/h5-13,24,30-31H,1-4H3/b25-23+. The quantitative estimate of drug-likeness (QED) is 0.284. The molecular formula is C27H24ClNO6. The van der Waals surface area contributed by atoms with Crippen molar-refractivity contribution in [3.05, 3.63) is 87.4 Å². The number of aliphatic hydroxyl groups is 1. The lowest BCUT2D eigenvalue weighted by molar-refractivity contribution is -0.132. The number of amides is 1. The fourth-order valence-corrected chi connectivity index (χ4v) is 4.46. The maximum absolute atomic E-state index is 13.4. The van der Waals surface area contributed by atoms with Crippen LogP contribution in [0.2, 0.25) is 5.02 Å². The molecule has 1 amide bonds. The summed E-state index contributed by atoms with van der Waals surface area (Å²) in [5.41, 5.74) is 2.78. The van der Waals surface area contributed by atoms with Gasteiger partial charge in [0.1, 0.15) is 23.0 Å². The van der Waals surface area contributed by atoms with Gasteiger partial charge in [0.05, 0.1) is 36.4 Å². The third-order valence-corrected chi connectivity index (χ3v) is 6.30. The Morgan fingerprint density at radius 3 is 2.23 bits per heavy atom. The summed E-state index contributed by atoms with van der Waals surface area (Å²) in [5, 5.41) is 21.4. The van der Waals surface area contributed by atoms with E-state index in [-0.39, 0.29) is 27.7 Å². The minimum atomic E-state index is -0.957. The van der Waals surface area contributed by atoms with Crippen LogP contribution in [-0.2, 0) is 9.59 Å². The van der Waals surface area contributed by atoms with E-state index in [2.05, 4.69) is 0 Å². The first-order chi connectivity index (χ1) is 16.7. The van der Waals surface area contributed by atoms with Crippen LogP contribution in [0.15, 0.2) is 60.2 Å². The first kappa shape index (κ1) is 24.2. The smallest absolute Gasteiger partial charge is 0.300 e. The molecule has 1 aliphatic rings. The number of rotatable bonds is 5. The average molecular weight is 494 g/mol. The number of ketones is 1. The van der Waals surface area contributed by atoms with E-state index in [1.54, 1.807) is 12.1 Å². The molecule has 0 bridgehead atoms. The molecule has 1 saturated heterocycles. The maximum atomic E-state index is 13.4. The second kappa shape index (κ2) is 9.35. The molecule has 0 aromatic heterocycles. The van der Waals surface area contributed by atoms with Gasteiger partial charge in [-0.2, -0.15) is 0 Å². The summed E-state index contributed by atoms with van der Waals surface area (Å²) in [4.78, 5) is 28.2. The molecule has 0 spiro atoms. The fraction of sp³-hybridized carbons (Fsp3) is 0.185. The Hall–Kier alpha value is -3.97. The number of hydrogen-bond donors (Lipinski definition) is 2. The number of aliphatic hydroxyl groups excluding tert-OH is 1. The summed E-state index contributed by atoms with van der Waals surface area (Å²) in [6.45, 7) is 3.73. The van der Waals surface area contributed by atoms with Gasteiger partial charge in [0.2, 0.25) is 0 Å². The summed E-state index contributed by atoms with van der Waals surface area (Å²) in [6, 6.07) is 13.7. The minimum Gasteiger partial charge on any atom is -0.508 e. The number of methoxy groups -OCH3 is 2. The van der Waals surface area contributed by atoms with Crippen molar-refractivity contribution in [3.8, 4) is 17.2 Å². The van der Waals surface area contributed by atoms with Gasteiger partial charge in [-0.15, -0.1) is 0 Å². The van der Waals surface area contributed by atoms with Crippen molar-refractivity contribution in [3.63, 3.8) is 0 Å². The first-order valence-corrected chi connectivity index (χ1v) is 11.1.